The minimum Gasteiger partial charge on any atom is -0.450 e. The van der Waals surface area contributed by atoms with Crippen LogP contribution in [0.25, 0.3) is 0 Å². The molecule has 1 aliphatic heterocycles. The second-order valence-corrected chi connectivity index (χ2v) is 12.6. The van der Waals surface area contributed by atoms with Crippen LogP contribution < -0.4 is 15.5 Å². The average molecular weight is 506 g/mol. The number of anilines is 3. The molecular weight excluding hydrogens is 470 g/mol. The lowest BCUT2D eigenvalue weighted by Gasteiger charge is -2.61. The fraction of sp³-hybridized carbons (Fsp3) is 0.517. The Morgan fingerprint density at radius 1 is 1.06 bits per heavy atom. The molecule has 2 aromatic carbocycles. The number of carbonyl (C=O) groups excluding carboxylic acids is 2. The zero-order valence-electron chi connectivity index (χ0n) is 21.1. The number of benzene rings is 2. The van der Waals surface area contributed by atoms with E-state index in [1.807, 2.05) is 41.3 Å². The van der Waals surface area contributed by atoms with E-state index in [0.717, 1.165) is 33.0 Å². The summed E-state index contributed by atoms with van der Waals surface area (Å²) in [5, 5.41) is 6.67. The summed E-state index contributed by atoms with van der Waals surface area (Å²) < 4.78 is 5.04. The highest BCUT2D eigenvalue weighted by atomic mass is 32.2. The fourth-order valence-electron chi connectivity index (χ4n) is 7.86. The predicted octanol–water partition coefficient (Wildman–Crippen LogP) is 6.72. The summed E-state index contributed by atoms with van der Waals surface area (Å²) in [5.41, 5.74) is 3.01. The van der Waals surface area contributed by atoms with Crippen molar-refractivity contribution >= 4 is 40.8 Å². The van der Waals surface area contributed by atoms with Gasteiger partial charge in [-0.05, 0) is 93.0 Å². The van der Waals surface area contributed by atoms with Crippen molar-refractivity contribution in [2.45, 2.75) is 74.1 Å². The molecule has 4 fully saturated rings. The summed E-state index contributed by atoms with van der Waals surface area (Å²) in [6.45, 7) is 5.25. The maximum atomic E-state index is 13.8. The molecule has 2 amide bonds. The van der Waals surface area contributed by atoms with Gasteiger partial charge in [-0.25, -0.2) is 4.79 Å². The highest BCUT2D eigenvalue weighted by Crippen LogP contribution is 2.61. The van der Waals surface area contributed by atoms with E-state index in [-0.39, 0.29) is 11.4 Å². The first kappa shape index (κ1) is 23.9. The van der Waals surface area contributed by atoms with Crippen LogP contribution in [0.3, 0.4) is 0 Å². The van der Waals surface area contributed by atoms with Crippen LogP contribution in [-0.4, -0.2) is 30.7 Å². The average Bonchev–Trinajstić information content (AvgIpc) is 2.81. The number of para-hydroxylation sites is 1. The number of rotatable bonds is 6. The Morgan fingerprint density at radius 3 is 2.56 bits per heavy atom. The number of carbonyl (C=O) groups is 2. The lowest BCUT2D eigenvalue weighted by molar-refractivity contribution is -0.118. The lowest BCUT2D eigenvalue weighted by atomic mass is 9.47. The molecule has 1 heterocycles. The van der Waals surface area contributed by atoms with Crippen molar-refractivity contribution in [3.8, 4) is 0 Å². The first-order valence-corrected chi connectivity index (χ1v) is 14.1. The van der Waals surface area contributed by atoms with Crippen LogP contribution in [-0.2, 0) is 9.53 Å². The van der Waals surface area contributed by atoms with Crippen molar-refractivity contribution in [3.05, 3.63) is 42.5 Å². The Kier molecular flexibility index (Phi) is 6.03. The first-order valence-electron chi connectivity index (χ1n) is 13.3. The predicted molar refractivity (Wildman–Crippen MR) is 143 cm³/mol. The van der Waals surface area contributed by atoms with E-state index in [2.05, 4.69) is 23.6 Å². The third-order valence-electron chi connectivity index (χ3n) is 8.49. The van der Waals surface area contributed by atoms with Crippen LogP contribution in [0.2, 0.25) is 0 Å². The molecule has 7 rings (SSSR count). The van der Waals surface area contributed by atoms with Gasteiger partial charge in [-0.2, -0.15) is 0 Å². The number of hydrogen-bond donors (Lipinski definition) is 2. The van der Waals surface area contributed by atoms with E-state index in [9.17, 15) is 9.59 Å². The third-order valence-corrected chi connectivity index (χ3v) is 9.62. The zero-order chi connectivity index (χ0) is 24.9. The molecule has 0 aromatic heterocycles. The molecule has 2 N–H and O–H groups in total. The normalized spacial score (nSPS) is 29.4. The highest BCUT2D eigenvalue weighted by Gasteiger charge is 2.55. The van der Waals surface area contributed by atoms with Gasteiger partial charge >= 0.3 is 6.09 Å². The van der Waals surface area contributed by atoms with Crippen molar-refractivity contribution in [1.82, 2.24) is 5.32 Å². The van der Waals surface area contributed by atoms with E-state index in [0.29, 0.717) is 30.7 Å². The summed E-state index contributed by atoms with van der Waals surface area (Å²) in [5.74, 6) is 1.77. The van der Waals surface area contributed by atoms with Crippen LogP contribution in [0.15, 0.2) is 52.3 Å². The molecule has 4 saturated carbocycles. The molecule has 5 aliphatic rings. The van der Waals surface area contributed by atoms with Crippen molar-refractivity contribution in [3.63, 3.8) is 0 Å². The smallest absolute Gasteiger partial charge is 0.411 e. The van der Waals surface area contributed by atoms with Crippen molar-refractivity contribution in [1.29, 1.82) is 0 Å². The quantitative estimate of drug-likeness (QED) is 0.456. The lowest BCUT2D eigenvalue weighted by Crippen LogP contribution is -2.61. The zero-order valence-corrected chi connectivity index (χ0v) is 22.0. The Morgan fingerprint density at radius 2 is 1.81 bits per heavy atom. The van der Waals surface area contributed by atoms with Gasteiger partial charge in [0.1, 0.15) is 0 Å². The summed E-state index contributed by atoms with van der Waals surface area (Å²) in [4.78, 5) is 29.7. The molecule has 190 valence electrons. The molecule has 4 aliphatic carbocycles. The molecule has 0 saturated heterocycles. The number of amides is 2. The maximum absolute atomic E-state index is 13.8. The fourth-order valence-corrected chi connectivity index (χ4v) is 8.90. The van der Waals surface area contributed by atoms with Gasteiger partial charge in [-0.3, -0.25) is 15.0 Å². The van der Waals surface area contributed by atoms with Gasteiger partial charge in [0, 0.05) is 34.0 Å². The van der Waals surface area contributed by atoms with Crippen LogP contribution in [0, 0.1) is 17.3 Å². The minimum atomic E-state index is -0.493. The number of nitrogens with zero attached hydrogens (tertiary/aromatic N) is 1. The van der Waals surface area contributed by atoms with Crippen molar-refractivity contribution in [2.24, 2.45) is 17.3 Å². The molecule has 4 bridgehead atoms. The number of hydrogen-bond acceptors (Lipinski definition) is 5. The van der Waals surface area contributed by atoms with Gasteiger partial charge in [0.05, 0.1) is 18.0 Å². The van der Waals surface area contributed by atoms with E-state index in [1.54, 1.807) is 18.7 Å². The second kappa shape index (κ2) is 9.10. The topological polar surface area (TPSA) is 70.7 Å². The van der Waals surface area contributed by atoms with Crippen LogP contribution in [0.1, 0.15) is 58.8 Å². The standard InChI is InChI=1S/C29H35N3O3S/c1-3-35-27(34)31-21-8-9-25-23(13-21)32(22-6-4-5-7-24(22)36-25)26(33)10-11-30-29-16-19-12-20(17-29)15-28(2,14-19)18-29/h4-9,13,19-20,30H,3,10-12,14-18H2,1-2H3,(H,31,34)/t19-,20-,28?,29?/m1/s1. The molecule has 36 heavy (non-hydrogen) atoms. The molecule has 0 spiro atoms. The van der Waals surface area contributed by atoms with Gasteiger partial charge in [0.2, 0.25) is 5.91 Å². The van der Waals surface area contributed by atoms with Gasteiger partial charge in [-0.1, -0.05) is 30.8 Å². The van der Waals surface area contributed by atoms with Gasteiger partial charge in [0.25, 0.3) is 0 Å². The highest BCUT2D eigenvalue weighted by molar-refractivity contribution is 7.99. The van der Waals surface area contributed by atoms with E-state index in [4.69, 9.17) is 4.74 Å². The van der Waals surface area contributed by atoms with Crippen molar-refractivity contribution in [2.75, 3.05) is 23.4 Å². The molecule has 7 heteroatoms. The largest absolute Gasteiger partial charge is 0.450 e. The summed E-state index contributed by atoms with van der Waals surface area (Å²) in [6, 6.07) is 13.7. The number of fused-ring (bicyclic) bond motifs is 2. The first-order chi connectivity index (χ1) is 17.4. The summed E-state index contributed by atoms with van der Waals surface area (Å²) in [7, 11) is 0. The number of ether oxygens (including phenoxy) is 1. The molecule has 0 unspecified atom stereocenters. The Labute approximate surface area is 217 Å². The van der Waals surface area contributed by atoms with E-state index >= 15 is 0 Å². The summed E-state index contributed by atoms with van der Waals surface area (Å²) in [6.07, 6.45) is 7.88. The molecule has 0 radical (unpaired) electrons. The minimum absolute atomic E-state index is 0.0701. The van der Waals surface area contributed by atoms with Gasteiger partial charge < -0.3 is 10.1 Å². The van der Waals surface area contributed by atoms with Crippen LogP contribution in [0.5, 0.6) is 0 Å². The van der Waals surface area contributed by atoms with Crippen LogP contribution in [0.4, 0.5) is 21.9 Å². The number of nitrogens with one attached hydrogen (secondary N) is 2. The monoisotopic (exact) mass is 505 g/mol. The van der Waals surface area contributed by atoms with E-state index < -0.39 is 6.09 Å². The van der Waals surface area contributed by atoms with Crippen molar-refractivity contribution < 1.29 is 14.3 Å². The Balaban J connectivity index is 1.21. The third kappa shape index (κ3) is 4.41. The molecule has 2 atom stereocenters. The Bertz CT molecular complexity index is 1180. The maximum Gasteiger partial charge on any atom is 0.411 e. The molecular formula is C29H35N3O3S. The van der Waals surface area contributed by atoms with Gasteiger partial charge in [-0.15, -0.1) is 0 Å². The summed E-state index contributed by atoms with van der Waals surface area (Å²) >= 11 is 1.65. The molecule has 6 nitrogen and oxygen atoms in total. The van der Waals surface area contributed by atoms with E-state index in [1.165, 1.54) is 38.5 Å². The molecule has 2 aromatic rings. The SMILES string of the molecule is CCOC(=O)Nc1ccc2c(c1)N(C(=O)CCNC13C[C@@H]4C[C@H](CC(C)(C4)C1)C3)c1ccccc1S2. The van der Waals surface area contributed by atoms with Gasteiger partial charge in [0.15, 0.2) is 0 Å². The Hall–Kier alpha value is -2.51. The second-order valence-electron chi connectivity index (χ2n) is 11.6. The van der Waals surface area contributed by atoms with Crippen LogP contribution >= 0.6 is 11.8 Å².